The molecule has 0 unspecified atom stereocenters. The van der Waals surface area contributed by atoms with E-state index in [9.17, 15) is 9.59 Å². The van der Waals surface area contributed by atoms with Crippen LogP contribution < -0.4 is 10.5 Å². The van der Waals surface area contributed by atoms with Crippen molar-refractivity contribution in [3.63, 3.8) is 0 Å². The van der Waals surface area contributed by atoms with Crippen molar-refractivity contribution in [1.29, 1.82) is 0 Å². The SMILES string of the molecule is CCc1ccc(C(=O)[C@H](C)OC(=O)c2cc(Cl)c(N)cc2OC)cc1. The highest BCUT2D eigenvalue weighted by Crippen LogP contribution is 2.29. The van der Waals surface area contributed by atoms with Gasteiger partial charge in [-0.2, -0.15) is 0 Å². The van der Waals surface area contributed by atoms with Gasteiger partial charge in [0.1, 0.15) is 11.3 Å². The Kier molecular flexibility index (Phi) is 6.04. The lowest BCUT2D eigenvalue weighted by Gasteiger charge is -2.15. The van der Waals surface area contributed by atoms with Gasteiger partial charge in [-0.15, -0.1) is 0 Å². The van der Waals surface area contributed by atoms with Crippen LogP contribution in [0.2, 0.25) is 5.02 Å². The van der Waals surface area contributed by atoms with Gasteiger partial charge < -0.3 is 15.2 Å². The molecule has 6 heteroatoms. The number of ether oxygens (including phenoxy) is 2. The second-order valence-electron chi connectivity index (χ2n) is 5.54. The first-order chi connectivity index (χ1) is 11.9. The Hall–Kier alpha value is -2.53. The van der Waals surface area contributed by atoms with Crippen molar-refractivity contribution >= 4 is 29.0 Å². The number of esters is 1. The maximum absolute atomic E-state index is 12.4. The molecule has 0 amide bonds. The van der Waals surface area contributed by atoms with E-state index >= 15 is 0 Å². The molecule has 0 bridgehead atoms. The predicted octanol–water partition coefficient (Wildman–Crippen LogP) is 3.92. The third-order valence-corrected chi connectivity index (χ3v) is 4.17. The zero-order chi connectivity index (χ0) is 18.6. The van der Waals surface area contributed by atoms with Crippen LogP contribution in [0.5, 0.6) is 5.75 Å². The van der Waals surface area contributed by atoms with E-state index in [-0.39, 0.29) is 27.8 Å². The molecule has 1 atom stereocenters. The lowest BCUT2D eigenvalue weighted by Crippen LogP contribution is -2.24. The second-order valence-corrected chi connectivity index (χ2v) is 5.94. The zero-order valence-corrected chi connectivity index (χ0v) is 15.1. The first-order valence-electron chi connectivity index (χ1n) is 7.84. The number of hydrogen-bond acceptors (Lipinski definition) is 5. The van der Waals surface area contributed by atoms with E-state index in [4.69, 9.17) is 26.8 Å². The summed E-state index contributed by atoms with van der Waals surface area (Å²) in [5, 5.41) is 0.210. The average molecular weight is 362 g/mol. The molecular weight excluding hydrogens is 342 g/mol. The number of nitrogens with two attached hydrogens (primary N) is 1. The van der Waals surface area contributed by atoms with Crippen LogP contribution in [0.25, 0.3) is 0 Å². The average Bonchev–Trinajstić information content (AvgIpc) is 2.62. The molecule has 0 radical (unpaired) electrons. The fourth-order valence-corrected chi connectivity index (χ4v) is 2.48. The smallest absolute Gasteiger partial charge is 0.342 e. The molecule has 0 heterocycles. The van der Waals surface area contributed by atoms with Gasteiger partial charge in [0, 0.05) is 11.6 Å². The number of methoxy groups -OCH3 is 1. The Morgan fingerprint density at radius 2 is 1.84 bits per heavy atom. The molecule has 0 spiro atoms. The van der Waals surface area contributed by atoms with Gasteiger partial charge in [-0.05, 0) is 25.0 Å². The molecule has 2 N–H and O–H groups in total. The van der Waals surface area contributed by atoms with Crippen molar-refractivity contribution in [2.45, 2.75) is 26.4 Å². The van der Waals surface area contributed by atoms with Crippen LogP contribution >= 0.6 is 11.6 Å². The molecular formula is C19H20ClNO4. The van der Waals surface area contributed by atoms with Crippen molar-refractivity contribution in [3.05, 3.63) is 58.1 Å². The summed E-state index contributed by atoms with van der Waals surface area (Å²) in [6, 6.07) is 10.0. The molecule has 0 aliphatic rings. The van der Waals surface area contributed by atoms with Gasteiger partial charge in [0.25, 0.3) is 0 Å². The van der Waals surface area contributed by atoms with Gasteiger partial charge in [0.05, 0.1) is 17.8 Å². The second kappa shape index (κ2) is 8.03. The summed E-state index contributed by atoms with van der Waals surface area (Å²) in [5.41, 5.74) is 7.71. The lowest BCUT2D eigenvalue weighted by molar-refractivity contribution is 0.0316. The van der Waals surface area contributed by atoms with Crippen LogP contribution in [0.4, 0.5) is 5.69 Å². The largest absolute Gasteiger partial charge is 0.496 e. The van der Waals surface area contributed by atoms with Gasteiger partial charge in [-0.25, -0.2) is 4.79 Å². The minimum Gasteiger partial charge on any atom is -0.496 e. The summed E-state index contributed by atoms with van der Waals surface area (Å²) in [7, 11) is 1.41. The van der Waals surface area contributed by atoms with E-state index < -0.39 is 12.1 Å². The van der Waals surface area contributed by atoms with E-state index in [0.29, 0.717) is 5.56 Å². The Balaban J connectivity index is 2.16. The maximum Gasteiger partial charge on any atom is 0.342 e. The molecule has 132 valence electrons. The molecule has 0 fully saturated rings. The Morgan fingerprint density at radius 1 is 1.20 bits per heavy atom. The van der Waals surface area contributed by atoms with Gasteiger partial charge in [-0.1, -0.05) is 42.8 Å². The van der Waals surface area contributed by atoms with Crippen LogP contribution in [-0.2, 0) is 11.2 Å². The van der Waals surface area contributed by atoms with Gasteiger partial charge >= 0.3 is 5.97 Å². The quantitative estimate of drug-likeness (QED) is 0.479. The standard InChI is InChI=1S/C19H20ClNO4/c1-4-12-5-7-13(8-6-12)18(22)11(2)25-19(23)14-9-15(20)16(21)10-17(14)24-3/h5-11H,4,21H2,1-3H3/t11-/m0/s1. The van der Waals surface area contributed by atoms with Crippen molar-refractivity contribution in [1.82, 2.24) is 0 Å². The molecule has 2 rings (SSSR count). The fourth-order valence-electron chi connectivity index (χ4n) is 2.31. The number of ketones is 1. The molecule has 0 saturated heterocycles. The summed E-state index contributed by atoms with van der Waals surface area (Å²) in [6.07, 6.45) is -0.0579. The molecule has 0 aliphatic carbocycles. The molecule has 2 aromatic carbocycles. The predicted molar refractivity (Wildman–Crippen MR) is 97.4 cm³/mol. The number of halogens is 1. The molecule has 2 aromatic rings. The lowest BCUT2D eigenvalue weighted by atomic mass is 10.0. The number of anilines is 1. The van der Waals surface area contributed by atoms with E-state index in [1.807, 2.05) is 19.1 Å². The van der Waals surface area contributed by atoms with Gasteiger partial charge in [0.15, 0.2) is 6.10 Å². The Morgan fingerprint density at radius 3 is 2.40 bits per heavy atom. The number of Topliss-reactive ketones (excluding diaryl/α,β-unsaturated/α-hetero) is 1. The number of carbonyl (C=O) groups excluding carboxylic acids is 2. The number of rotatable bonds is 6. The van der Waals surface area contributed by atoms with Gasteiger partial charge in [0.2, 0.25) is 5.78 Å². The summed E-state index contributed by atoms with van der Waals surface area (Å²) in [6.45, 7) is 3.56. The van der Waals surface area contributed by atoms with Crippen molar-refractivity contribution in [2.24, 2.45) is 0 Å². The normalized spacial score (nSPS) is 11.7. The highest BCUT2D eigenvalue weighted by Gasteiger charge is 2.23. The summed E-state index contributed by atoms with van der Waals surface area (Å²) < 4.78 is 10.4. The maximum atomic E-state index is 12.4. The zero-order valence-electron chi connectivity index (χ0n) is 14.3. The van der Waals surface area contributed by atoms with Crippen molar-refractivity contribution in [3.8, 4) is 5.75 Å². The van der Waals surface area contributed by atoms with Crippen molar-refractivity contribution < 1.29 is 19.1 Å². The third kappa shape index (κ3) is 4.31. The number of nitrogen functional groups attached to an aromatic ring is 1. The van der Waals surface area contributed by atoms with Crippen LogP contribution in [-0.4, -0.2) is 25.0 Å². The highest BCUT2D eigenvalue weighted by atomic mass is 35.5. The summed E-state index contributed by atoms with van der Waals surface area (Å²) in [5.74, 6) is -0.750. The van der Waals surface area contributed by atoms with E-state index in [1.165, 1.54) is 26.2 Å². The molecule has 0 saturated carbocycles. The number of aryl methyl sites for hydroxylation is 1. The monoisotopic (exact) mass is 361 g/mol. The molecule has 0 aromatic heterocycles. The topological polar surface area (TPSA) is 78.6 Å². The summed E-state index contributed by atoms with van der Waals surface area (Å²) in [4.78, 5) is 24.8. The first kappa shape index (κ1) is 18.8. The Bertz CT molecular complexity index is 787. The van der Waals surface area contributed by atoms with Crippen LogP contribution in [0.3, 0.4) is 0 Å². The van der Waals surface area contributed by atoms with Crippen LogP contribution in [0, 0.1) is 0 Å². The minimum absolute atomic E-state index is 0.114. The summed E-state index contributed by atoms with van der Waals surface area (Å²) >= 11 is 5.96. The highest BCUT2D eigenvalue weighted by molar-refractivity contribution is 6.33. The van der Waals surface area contributed by atoms with E-state index in [2.05, 4.69) is 0 Å². The van der Waals surface area contributed by atoms with E-state index in [1.54, 1.807) is 12.1 Å². The molecule has 5 nitrogen and oxygen atoms in total. The number of benzene rings is 2. The fraction of sp³-hybridized carbons (Fsp3) is 0.263. The van der Waals surface area contributed by atoms with Crippen LogP contribution in [0.15, 0.2) is 36.4 Å². The molecule has 25 heavy (non-hydrogen) atoms. The van der Waals surface area contributed by atoms with Crippen molar-refractivity contribution in [2.75, 3.05) is 12.8 Å². The minimum atomic E-state index is -0.944. The first-order valence-corrected chi connectivity index (χ1v) is 8.22. The third-order valence-electron chi connectivity index (χ3n) is 3.84. The number of hydrogen-bond donors (Lipinski definition) is 1. The van der Waals surface area contributed by atoms with Crippen LogP contribution in [0.1, 0.15) is 40.1 Å². The van der Waals surface area contributed by atoms with E-state index in [0.717, 1.165) is 12.0 Å². The molecule has 0 aliphatic heterocycles. The number of carbonyl (C=O) groups is 2. The Labute approximate surface area is 151 Å². The van der Waals surface area contributed by atoms with Gasteiger partial charge in [-0.3, -0.25) is 4.79 Å².